The highest BCUT2D eigenvalue weighted by molar-refractivity contribution is 6.32. The Bertz CT molecular complexity index is 599. The van der Waals surface area contributed by atoms with Crippen molar-refractivity contribution in [1.82, 2.24) is 9.78 Å². The maximum absolute atomic E-state index is 8.74. The van der Waals surface area contributed by atoms with Gasteiger partial charge < -0.3 is 4.74 Å². The van der Waals surface area contributed by atoms with E-state index in [0.29, 0.717) is 22.1 Å². The molecule has 0 atom stereocenters. The summed E-state index contributed by atoms with van der Waals surface area (Å²) < 4.78 is 7.41. The van der Waals surface area contributed by atoms with Crippen molar-refractivity contribution in [3.63, 3.8) is 0 Å². The van der Waals surface area contributed by atoms with Crippen LogP contribution in [0.3, 0.4) is 0 Å². The molecular formula is C13H12ClN3O. The predicted molar refractivity (Wildman–Crippen MR) is 68.9 cm³/mol. The summed E-state index contributed by atoms with van der Waals surface area (Å²) in [4.78, 5) is 0. The SMILES string of the molecule is CC(C)n1cc(Oc2ccc(C#N)cc2Cl)cn1. The monoisotopic (exact) mass is 261 g/mol. The van der Waals surface area contributed by atoms with Crippen LogP contribution in [0.5, 0.6) is 11.5 Å². The van der Waals surface area contributed by atoms with E-state index in [-0.39, 0.29) is 6.04 Å². The molecule has 2 rings (SSSR count). The minimum absolute atomic E-state index is 0.277. The summed E-state index contributed by atoms with van der Waals surface area (Å²) in [5.41, 5.74) is 0.505. The molecule has 0 N–H and O–H groups in total. The molecule has 0 aliphatic rings. The largest absolute Gasteiger partial charge is 0.452 e. The zero-order chi connectivity index (χ0) is 13.1. The van der Waals surface area contributed by atoms with E-state index >= 15 is 0 Å². The average molecular weight is 262 g/mol. The number of nitrogens with zero attached hydrogens (tertiary/aromatic N) is 3. The third kappa shape index (κ3) is 2.63. The Morgan fingerprint density at radius 1 is 1.44 bits per heavy atom. The molecule has 0 fully saturated rings. The summed E-state index contributed by atoms with van der Waals surface area (Å²) in [5, 5.41) is 13.3. The van der Waals surface area contributed by atoms with Crippen molar-refractivity contribution < 1.29 is 4.74 Å². The predicted octanol–water partition coefficient (Wildman–Crippen LogP) is 3.78. The molecule has 0 amide bonds. The second kappa shape index (κ2) is 5.11. The number of benzene rings is 1. The summed E-state index contributed by atoms with van der Waals surface area (Å²) in [6.45, 7) is 4.07. The van der Waals surface area contributed by atoms with Crippen LogP contribution < -0.4 is 4.74 Å². The maximum Gasteiger partial charge on any atom is 0.165 e. The molecule has 0 spiro atoms. The molecule has 0 unspecified atom stereocenters. The van der Waals surface area contributed by atoms with Crippen LogP contribution in [0.1, 0.15) is 25.5 Å². The second-order valence-corrected chi connectivity index (χ2v) is 4.52. The van der Waals surface area contributed by atoms with Gasteiger partial charge in [0.1, 0.15) is 5.75 Å². The normalized spacial score (nSPS) is 10.4. The molecule has 1 aromatic carbocycles. The number of aromatic nitrogens is 2. The molecule has 18 heavy (non-hydrogen) atoms. The minimum Gasteiger partial charge on any atom is -0.452 e. The first kappa shape index (κ1) is 12.5. The Morgan fingerprint density at radius 3 is 2.78 bits per heavy atom. The van der Waals surface area contributed by atoms with E-state index in [0.717, 1.165) is 0 Å². The lowest BCUT2D eigenvalue weighted by Crippen LogP contribution is -1.99. The van der Waals surface area contributed by atoms with Crippen molar-refractivity contribution in [2.24, 2.45) is 0 Å². The number of hydrogen-bond acceptors (Lipinski definition) is 3. The molecule has 92 valence electrons. The van der Waals surface area contributed by atoms with Gasteiger partial charge in [-0.2, -0.15) is 10.4 Å². The van der Waals surface area contributed by atoms with Gasteiger partial charge in [0.15, 0.2) is 5.75 Å². The Hall–Kier alpha value is -1.99. The minimum atomic E-state index is 0.277. The maximum atomic E-state index is 8.74. The number of ether oxygens (including phenoxy) is 1. The van der Waals surface area contributed by atoms with Crippen molar-refractivity contribution in [2.45, 2.75) is 19.9 Å². The smallest absolute Gasteiger partial charge is 0.165 e. The second-order valence-electron chi connectivity index (χ2n) is 4.11. The molecule has 1 heterocycles. The first-order valence-corrected chi connectivity index (χ1v) is 5.89. The first-order valence-electron chi connectivity index (χ1n) is 5.52. The molecule has 0 saturated carbocycles. The highest BCUT2D eigenvalue weighted by Gasteiger charge is 2.07. The van der Waals surface area contributed by atoms with E-state index < -0.39 is 0 Å². The van der Waals surface area contributed by atoms with Gasteiger partial charge in [0.25, 0.3) is 0 Å². The standard InChI is InChI=1S/C13H12ClN3O/c1-9(2)17-8-11(7-16-17)18-13-4-3-10(6-15)5-12(13)14/h3-5,7-9H,1-2H3. The summed E-state index contributed by atoms with van der Waals surface area (Å²) in [7, 11) is 0. The van der Waals surface area contributed by atoms with Gasteiger partial charge >= 0.3 is 0 Å². The van der Waals surface area contributed by atoms with E-state index in [1.165, 1.54) is 0 Å². The van der Waals surface area contributed by atoms with Crippen molar-refractivity contribution in [1.29, 1.82) is 5.26 Å². The molecule has 0 radical (unpaired) electrons. The number of hydrogen-bond donors (Lipinski definition) is 0. The Balaban J connectivity index is 2.21. The zero-order valence-electron chi connectivity index (χ0n) is 10.1. The fourth-order valence-corrected chi connectivity index (χ4v) is 1.65. The molecule has 1 aromatic heterocycles. The van der Waals surface area contributed by atoms with Crippen molar-refractivity contribution in [3.8, 4) is 17.6 Å². The number of halogens is 1. The fourth-order valence-electron chi connectivity index (χ4n) is 1.44. The van der Waals surface area contributed by atoms with Crippen LogP contribution in [0.2, 0.25) is 5.02 Å². The topological polar surface area (TPSA) is 50.8 Å². The third-order valence-corrected chi connectivity index (χ3v) is 2.69. The summed E-state index contributed by atoms with van der Waals surface area (Å²) >= 11 is 6.02. The van der Waals surface area contributed by atoms with Gasteiger partial charge in [-0.25, -0.2) is 0 Å². The average Bonchev–Trinajstić information content (AvgIpc) is 2.80. The van der Waals surface area contributed by atoms with E-state index in [4.69, 9.17) is 21.6 Å². The molecular weight excluding hydrogens is 250 g/mol. The number of rotatable bonds is 3. The highest BCUT2D eigenvalue weighted by atomic mass is 35.5. The summed E-state index contributed by atoms with van der Waals surface area (Å²) in [6, 6.07) is 7.21. The Morgan fingerprint density at radius 2 is 2.22 bits per heavy atom. The van der Waals surface area contributed by atoms with Crippen molar-refractivity contribution >= 4 is 11.6 Å². The lowest BCUT2D eigenvalue weighted by Gasteiger charge is -2.06. The van der Waals surface area contributed by atoms with Crippen molar-refractivity contribution in [3.05, 3.63) is 41.2 Å². The van der Waals surface area contributed by atoms with Crippen LogP contribution in [0.25, 0.3) is 0 Å². The van der Waals surface area contributed by atoms with Crippen molar-refractivity contribution in [2.75, 3.05) is 0 Å². The van der Waals surface area contributed by atoms with Gasteiger partial charge in [-0.3, -0.25) is 4.68 Å². The lowest BCUT2D eigenvalue weighted by atomic mass is 10.2. The zero-order valence-corrected chi connectivity index (χ0v) is 10.8. The molecule has 5 heteroatoms. The molecule has 0 aliphatic carbocycles. The molecule has 2 aromatic rings. The van der Waals surface area contributed by atoms with Gasteiger partial charge in [-0.15, -0.1) is 0 Å². The molecule has 0 aliphatic heterocycles. The Labute approximate surface area is 110 Å². The van der Waals surface area contributed by atoms with Gasteiger partial charge in [0, 0.05) is 6.04 Å². The van der Waals surface area contributed by atoms with E-state index in [1.807, 2.05) is 19.9 Å². The van der Waals surface area contributed by atoms with Crippen LogP contribution in [-0.4, -0.2) is 9.78 Å². The first-order chi connectivity index (χ1) is 8.60. The Kier molecular flexibility index (Phi) is 3.54. The summed E-state index contributed by atoms with van der Waals surface area (Å²) in [5.74, 6) is 1.13. The molecule has 4 nitrogen and oxygen atoms in total. The van der Waals surface area contributed by atoms with Gasteiger partial charge in [-0.05, 0) is 32.0 Å². The summed E-state index contributed by atoms with van der Waals surface area (Å²) in [6.07, 6.45) is 3.44. The van der Waals surface area contributed by atoms with E-state index in [9.17, 15) is 0 Å². The lowest BCUT2D eigenvalue weighted by molar-refractivity contribution is 0.477. The van der Waals surface area contributed by atoms with Gasteiger partial charge in [-0.1, -0.05) is 11.6 Å². The quantitative estimate of drug-likeness (QED) is 0.845. The van der Waals surface area contributed by atoms with Crippen LogP contribution in [0.15, 0.2) is 30.6 Å². The van der Waals surface area contributed by atoms with Gasteiger partial charge in [0.2, 0.25) is 0 Å². The molecule has 0 bridgehead atoms. The van der Waals surface area contributed by atoms with Crippen LogP contribution in [0, 0.1) is 11.3 Å². The van der Waals surface area contributed by atoms with E-state index in [2.05, 4.69) is 5.10 Å². The van der Waals surface area contributed by atoms with Crippen LogP contribution >= 0.6 is 11.6 Å². The third-order valence-electron chi connectivity index (χ3n) is 2.40. The van der Waals surface area contributed by atoms with Gasteiger partial charge in [0.05, 0.1) is 29.0 Å². The fraction of sp³-hybridized carbons (Fsp3) is 0.231. The van der Waals surface area contributed by atoms with Crippen LogP contribution in [0.4, 0.5) is 0 Å². The van der Waals surface area contributed by atoms with E-state index in [1.54, 1.807) is 35.3 Å². The number of nitriles is 1. The molecule has 0 saturated heterocycles. The highest BCUT2D eigenvalue weighted by Crippen LogP contribution is 2.30. The van der Waals surface area contributed by atoms with Crippen LogP contribution in [-0.2, 0) is 0 Å².